The van der Waals surface area contributed by atoms with Crippen LogP contribution in [0.2, 0.25) is 0 Å². The van der Waals surface area contributed by atoms with Gasteiger partial charge >= 0.3 is 0 Å². The van der Waals surface area contributed by atoms with Crippen LogP contribution in [-0.4, -0.2) is 29.6 Å². The van der Waals surface area contributed by atoms with Crippen molar-refractivity contribution in [1.82, 2.24) is 29.6 Å². The van der Waals surface area contributed by atoms with E-state index in [0.29, 0.717) is 16.7 Å². The van der Waals surface area contributed by atoms with Gasteiger partial charge in [-0.3, -0.25) is 4.68 Å². The van der Waals surface area contributed by atoms with Crippen molar-refractivity contribution in [2.45, 2.75) is 37.1 Å². The number of hydrogen-bond acceptors (Lipinski definition) is 6. The molecule has 0 aliphatic carbocycles. The Morgan fingerprint density at radius 2 is 1.83 bits per heavy atom. The highest BCUT2D eigenvalue weighted by molar-refractivity contribution is 7.98. The number of nitrogens with two attached hydrogens (primary N) is 1. The SMILES string of the molecule is Cn1ncnc1CSc1nnc(-c2ccc(C(C)(C)C)cc2)n1N. The maximum absolute atomic E-state index is 6.16. The molecule has 3 aromatic rings. The zero-order valence-corrected chi connectivity index (χ0v) is 15.1. The van der Waals surface area contributed by atoms with Gasteiger partial charge in [0.15, 0.2) is 5.82 Å². The summed E-state index contributed by atoms with van der Waals surface area (Å²) < 4.78 is 3.25. The van der Waals surface area contributed by atoms with Crippen LogP contribution in [0.5, 0.6) is 0 Å². The Bertz CT molecular complexity index is 827. The molecule has 0 unspecified atom stereocenters. The van der Waals surface area contributed by atoms with E-state index < -0.39 is 0 Å². The lowest BCUT2D eigenvalue weighted by Gasteiger charge is -2.19. The molecule has 0 saturated heterocycles. The van der Waals surface area contributed by atoms with Crippen molar-refractivity contribution in [1.29, 1.82) is 0 Å². The number of rotatable bonds is 4. The average molecular weight is 343 g/mol. The van der Waals surface area contributed by atoms with Gasteiger partial charge in [0.05, 0.1) is 5.75 Å². The summed E-state index contributed by atoms with van der Waals surface area (Å²) in [7, 11) is 1.86. The Labute approximate surface area is 145 Å². The number of nitrogens with zero attached hydrogens (tertiary/aromatic N) is 6. The molecule has 24 heavy (non-hydrogen) atoms. The second-order valence-corrected chi connectivity index (χ2v) is 7.53. The minimum atomic E-state index is 0.117. The molecule has 7 nitrogen and oxygen atoms in total. The second-order valence-electron chi connectivity index (χ2n) is 6.59. The van der Waals surface area contributed by atoms with Crippen molar-refractivity contribution in [2.75, 3.05) is 5.84 Å². The molecule has 0 amide bonds. The lowest BCUT2D eigenvalue weighted by Crippen LogP contribution is -2.13. The Morgan fingerprint density at radius 3 is 2.42 bits per heavy atom. The van der Waals surface area contributed by atoms with Gasteiger partial charge in [-0.25, -0.2) is 9.66 Å². The van der Waals surface area contributed by atoms with Crippen molar-refractivity contribution in [3.05, 3.63) is 42.0 Å². The minimum Gasteiger partial charge on any atom is -0.335 e. The molecular weight excluding hydrogens is 322 g/mol. The molecule has 2 N–H and O–H groups in total. The Morgan fingerprint density at radius 1 is 1.12 bits per heavy atom. The summed E-state index contributed by atoms with van der Waals surface area (Å²) in [5, 5.41) is 13.1. The molecular formula is C16H21N7S. The molecule has 0 atom stereocenters. The third-order valence-electron chi connectivity index (χ3n) is 3.81. The van der Waals surface area contributed by atoms with Crippen molar-refractivity contribution in [3.63, 3.8) is 0 Å². The van der Waals surface area contributed by atoms with Crippen LogP contribution in [0, 0.1) is 0 Å². The molecule has 0 aliphatic rings. The largest absolute Gasteiger partial charge is 0.335 e. The maximum Gasteiger partial charge on any atom is 0.210 e. The zero-order valence-electron chi connectivity index (χ0n) is 14.3. The van der Waals surface area contributed by atoms with Crippen LogP contribution in [0.15, 0.2) is 35.7 Å². The first kappa shape index (κ1) is 16.5. The van der Waals surface area contributed by atoms with Crippen LogP contribution in [0.25, 0.3) is 11.4 Å². The molecule has 126 valence electrons. The molecule has 0 fully saturated rings. The highest BCUT2D eigenvalue weighted by atomic mass is 32.2. The monoisotopic (exact) mass is 343 g/mol. The van der Waals surface area contributed by atoms with E-state index >= 15 is 0 Å². The van der Waals surface area contributed by atoms with E-state index in [9.17, 15) is 0 Å². The molecule has 0 radical (unpaired) electrons. The Kier molecular flexibility index (Phi) is 4.31. The molecule has 0 saturated carbocycles. The predicted octanol–water partition coefficient (Wildman–Crippen LogP) is 2.38. The third-order valence-corrected chi connectivity index (χ3v) is 4.75. The molecule has 8 heteroatoms. The fourth-order valence-corrected chi connectivity index (χ4v) is 3.12. The van der Waals surface area contributed by atoms with Gasteiger partial charge in [0.25, 0.3) is 0 Å². The van der Waals surface area contributed by atoms with Gasteiger partial charge < -0.3 is 5.84 Å². The van der Waals surface area contributed by atoms with E-state index in [0.717, 1.165) is 11.4 Å². The molecule has 2 heterocycles. The van der Waals surface area contributed by atoms with Gasteiger partial charge in [0.2, 0.25) is 5.16 Å². The number of aromatic nitrogens is 6. The summed E-state index contributed by atoms with van der Waals surface area (Å²) in [6.45, 7) is 6.57. The molecule has 3 rings (SSSR count). The van der Waals surface area contributed by atoms with Crippen molar-refractivity contribution in [2.24, 2.45) is 7.05 Å². The van der Waals surface area contributed by atoms with E-state index in [1.54, 1.807) is 4.68 Å². The van der Waals surface area contributed by atoms with Gasteiger partial charge in [-0.1, -0.05) is 56.8 Å². The van der Waals surface area contributed by atoms with E-state index in [-0.39, 0.29) is 5.41 Å². The third kappa shape index (κ3) is 3.28. The van der Waals surface area contributed by atoms with Crippen LogP contribution in [0.3, 0.4) is 0 Å². The van der Waals surface area contributed by atoms with Crippen LogP contribution < -0.4 is 5.84 Å². The zero-order chi connectivity index (χ0) is 17.3. The van der Waals surface area contributed by atoms with E-state index in [4.69, 9.17) is 5.84 Å². The summed E-state index contributed by atoms with van der Waals surface area (Å²) in [5.74, 6) is 8.31. The molecule has 0 spiro atoms. The summed E-state index contributed by atoms with van der Waals surface area (Å²) in [5.41, 5.74) is 2.33. The standard InChI is InChI=1S/C16H21N7S/c1-16(2,3)12-7-5-11(6-8-12)14-20-21-15(23(14)17)24-9-13-18-10-19-22(13)4/h5-8,10H,9,17H2,1-4H3. The molecule has 2 aromatic heterocycles. The van der Waals surface area contributed by atoms with Crippen LogP contribution >= 0.6 is 11.8 Å². The number of thioether (sulfide) groups is 1. The lowest BCUT2D eigenvalue weighted by atomic mass is 9.87. The topological polar surface area (TPSA) is 87.4 Å². The van der Waals surface area contributed by atoms with Crippen molar-refractivity contribution < 1.29 is 0 Å². The quantitative estimate of drug-likeness (QED) is 0.578. The number of nitrogen functional groups attached to an aromatic ring is 1. The first-order chi connectivity index (χ1) is 11.4. The number of hydrogen-bond donors (Lipinski definition) is 1. The van der Waals surface area contributed by atoms with Crippen molar-refractivity contribution >= 4 is 11.8 Å². The van der Waals surface area contributed by atoms with Gasteiger partial charge in [-0.2, -0.15) is 5.10 Å². The number of aryl methyl sites for hydroxylation is 1. The smallest absolute Gasteiger partial charge is 0.210 e. The highest BCUT2D eigenvalue weighted by Gasteiger charge is 2.16. The summed E-state index contributed by atoms with van der Waals surface area (Å²) in [4.78, 5) is 4.19. The van der Waals surface area contributed by atoms with Crippen LogP contribution in [0.4, 0.5) is 0 Å². The fraction of sp³-hybridized carbons (Fsp3) is 0.375. The molecule has 1 aromatic carbocycles. The van der Waals surface area contributed by atoms with Crippen LogP contribution in [0.1, 0.15) is 32.2 Å². The minimum absolute atomic E-state index is 0.117. The molecule has 0 bridgehead atoms. The predicted molar refractivity (Wildman–Crippen MR) is 94.9 cm³/mol. The summed E-state index contributed by atoms with van der Waals surface area (Å²) in [6, 6.07) is 8.28. The van der Waals surface area contributed by atoms with Gasteiger partial charge in [0, 0.05) is 12.6 Å². The Balaban J connectivity index is 1.78. The first-order valence-electron chi connectivity index (χ1n) is 7.63. The summed E-state index contributed by atoms with van der Waals surface area (Å²) in [6.07, 6.45) is 1.53. The van der Waals surface area contributed by atoms with E-state index in [1.807, 2.05) is 19.2 Å². The maximum atomic E-state index is 6.16. The van der Waals surface area contributed by atoms with E-state index in [1.165, 1.54) is 28.3 Å². The van der Waals surface area contributed by atoms with Crippen molar-refractivity contribution in [3.8, 4) is 11.4 Å². The normalized spacial score (nSPS) is 11.8. The van der Waals surface area contributed by atoms with Gasteiger partial charge in [-0.15, -0.1) is 10.2 Å². The van der Waals surface area contributed by atoms with Crippen LogP contribution in [-0.2, 0) is 18.2 Å². The second kappa shape index (κ2) is 6.27. The van der Waals surface area contributed by atoms with Gasteiger partial charge in [-0.05, 0) is 11.0 Å². The average Bonchev–Trinajstić information content (AvgIpc) is 3.10. The number of benzene rings is 1. The first-order valence-corrected chi connectivity index (χ1v) is 8.62. The Hall–Kier alpha value is -2.35. The highest BCUT2D eigenvalue weighted by Crippen LogP contribution is 2.27. The van der Waals surface area contributed by atoms with Gasteiger partial charge in [0.1, 0.15) is 12.2 Å². The van der Waals surface area contributed by atoms with E-state index in [2.05, 4.69) is 53.2 Å². The fourth-order valence-electron chi connectivity index (χ4n) is 2.27. The lowest BCUT2D eigenvalue weighted by molar-refractivity contribution is 0.590. The molecule has 0 aliphatic heterocycles. The summed E-state index contributed by atoms with van der Waals surface area (Å²) >= 11 is 1.48.